The van der Waals surface area contributed by atoms with Crippen LogP contribution in [-0.2, 0) is 0 Å². The zero-order valence-corrected chi connectivity index (χ0v) is 7.88. The number of nitrogens with two attached hydrogens (primary N) is 1. The fourth-order valence-corrected chi connectivity index (χ4v) is 1.67. The van der Waals surface area contributed by atoms with E-state index in [1.165, 1.54) is 0 Å². The van der Waals surface area contributed by atoms with E-state index < -0.39 is 6.29 Å². The average molecular weight is 199 g/mol. The summed E-state index contributed by atoms with van der Waals surface area (Å²) in [5, 5.41) is 3.11. The Balaban J connectivity index is 2.30. The van der Waals surface area contributed by atoms with Gasteiger partial charge in [0.05, 0.1) is 5.69 Å². The highest BCUT2D eigenvalue weighted by atomic mass is 15.2. The largest absolute Gasteiger partial charge is 0.351 e. The van der Waals surface area contributed by atoms with Crippen molar-refractivity contribution < 1.29 is 0 Å². The topological polar surface area (TPSA) is 76.2 Å². The number of nitrogens with one attached hydrogen (secondary N) is 1. The van der Waals surface area contributed by atoms with Gasteiger partial charge in [0.25, 0.3) is 0 Å². The summed E-state index contributed by atoms with van der Waals surface area (Å²) in [6.07, 6.45) is 8.46. The molecule has 0 spiro atoms. The molecule has 5 nitrogen and oxygen atoms in total. The van der Waals surface area contributed by atoms with Crippen LogP contribution in [0.2, 0.25) is 0 Å². The second-order valence-corrected chi connectivity index (χ2v) is 3.38. The maximum Gasteiger partial charge on any atom is 0.171 e. The first kappa shape index (κ1) is 8.31. The number of rotatable bonds is 0. The van der Waals surface area contributed by atoms with E-state index in [9.17, 15) is 0 Å². The second-order valence-electron chi connectivity index (χ2n) is 3.38. The first-order valence-corrected chi connectivity index (χ1v) is 4.61. The molecule has 3 N–H and O–H groups in total. The Bertz CT molecular complexity index is 507. The quantitative estimate of drug-likeness (QED) is 0.653. The summed E-state index contributed by atoms with van der Waals surface area (Å²) < 4.78 is 0. The van der Waals surface area contributed by atoms with E-state index in [2.05, 4.69) is 20.3 Å². The van der Waals surface area contributed by atoms with Gasteiger partial charge in [0.15, 0.2) is 6.29 Å². The molecule has 1 unspecified atom stereocenters. The molecule has 1 atom stereocenters. The SMILES string of the molecule is NC1N=Cc2cncc3cncc-3c2N1. The van der Waals surface area contributed by atoms with Gasteiger partial charge in [-0.2, -0.15) is 0 Å². The molecule has 15 heavy (non-hydrogen) atoms. The fraction of sp³-hybridized carbons (Fsp3) is 0.100. The molecular formula is C10H9N5. The number of aromatic nitrogens is 2. The molecule has 74 valence electrons. The lowest BCUT2D eigenvalue weighted by Gasteiger charge is -2.17. The van der Waals surface area contributed by atoms with Crippen LogP contribution in [0.4, 0.5) is 5.69 Å². The third-order valence-electron chi connectivity index (χ3n) is 2.38. The van der Waals surface area contributed by atoms with Crippen molar-refractivity contribution in [3.63, 3.8) is 0 Å². The highest BCUT2D eigenvalue weighted by Gasteiger charge is 2.16. The van der Waals surface area contributed by atoms with E-state index in [-0.39, 0.29) is 0 Å². The third kappa shape index (κ3) is 1.25. The molecule has 0 amide bonds. The van der Waals surface area contributed by atoms with Crippen LogP contribution in [0, 0.1) is 0 Å². The van der Waals surface area contributed by atoms with Crippen LogP contribution >= 0.6 is 0 Å². The normalized spacial score (nSPS) is 18.6. The van der Waals surface area contributed by atoms with E-state index in [4.69, 9.17) is 5.73 Å². The molecule has 3 heterocycles. The van der Waals surface area contributed by atoms with E-state index in [1.807, 2.05) is 0 Å². The van der Waals surface area contributed by atoms with Crippen LogP contribution in [0.1, 0.15) is 5.56 Å². The predicted octanol–water partition coefficient (Wildman–Crippen LogP) is 0.668. The Morgan fingerprint density at radius 1 is 1.13 bits per heavy atom. The molecule has 3 aliphatic rings. The zero-order valence-electron chi connectivity index (χ0n) is 7.88. The molecule has 3 aliphatic heterocycles. The highest BCUT2D eigenvalue weighted by Crippen LogP contribution is 2.31. The van der Waals surface area contributed by atoms with E-state index in [0.717, 1.165) is 22.4 Å². The average Bonchev–Trinajstić information content (AvgIpc) is 2.62. The number of fused-ring (bicyclic) bond motifs is 3. The van der Waals surface area contributed by atoms with Gasteiger partial charge in [0, 0.05) is 47.7 Å². The van der Waals surface area contributed by atoms with Gasteiger partial charge in [-0.15, -0.1) is 0 Å². The van der Waals surface area contributed by atoms with Gasteiger partial charge in [-0.3, -0.25) is 20.7 Å². The van der Waals surface area contributed by atoms with Crippen LogP contribution in [0.5, 0.6) is 0 Å². The van der Waals surface area contributed by atoms with Crippen molar-refractivity contribution in [3.05, 3.63) is 30.4 Å². The minimum atomic E-state index is -0.391. The lowest BCUT2D eigenvalue weighted by atomic mass is 10.1. The van der Waals surface area contributed by atoms with Gasteiger partial charge < -0.3 is 5.32 Å². The predicted molar refractivity (Wildman–Crippen MR) is 57.8 cm³/mol. The summed E-state index contributed by atoms with van der Waals surface area (Å²) in [5.41, 5.74) is 9.59. The van der Waals surface area contributed by atoms with Crippen molar-refractivity contribution in [2.45, 2.75) is 6.29 Å². The molecule has 0 radical (unpaired) electrons. The summed E-state index contributed by atoms with van der Waals surface area (Å²) in [7, 11) is 0. The van der Waals surface area contributed by atoms with Crippen molar-refractivity contribution in [3.8, 4) is 11.1 Å². The standard InChI is InChI=1S/C10H9N5/c11-10-14-4-7-3-12-1-6-2-13-5-8(6)9(7)15-10/h1-5,10,15H,11H2. The molecule has 3 rings (SSSR count). The summed E-state index contributed by atoms with van der Waals surface area (Å²) in [5.74, 6) is 0. The minimum Gasteiger partial charge on any atom is -0.351 e. The molecule has 0 aromatic heterocycles. The summed E-state index contributed by atoms with van der Waals surface area (Å²) in [6, 6.07) is 0. The Morgan fingerprint density at radius 3 is 2.80 bits per heavy atom. The Kier molecular flexibility index (Phi) is 1.66. The van der Waals surface area contributed by atoms with E-state index >= 15 is 0 Å². The van der Waals surface area contributed by atoms with Crippen LogP contribution < -0.4 is 11.1 Å². The molecular weight excluding hydrogens is 190 g/mol. The first-order chi connectivity index (χ1) is 7.34. The zero-order chi connectivity index (χ0) is 10.3. The second kappa shape index (κ2) is 2.99. The molecule has 0 saturated carbocycles. The summed E-state index contributed by atoms with van der Waals surface area (Å²) >= 11 is 0. The van der Waals surface area contributed by atoms with Gasteiger partial charge in [-0.05, 0) is 0 Å². The van der Waals surface area contributed by atoms with Gasteiger partial charge in [-0.25, -0.2) is 0 Å². The van der Waals surface area contributed by atoms with Gasteiger partial charge in [-0.1, -0.05) is 0 Å². The van der Waals surface area contributed by atoms with Crippen molar-refractivity contribution in [2.24, 2.45) is 10.7 Å². The number of aliphatic imine (C=N–C) groups is 1. The monoisotopic (exact) mass is 199 g/mol. The van der Waals surface area contributed by atoms with Crippen molar-refractivity contribution in [1.29, 1.82) is 0 Å². The van der Waals surface area contributed by atoms with Crippen molar-refractivity contribution >= 4 is 11.9 Å². The molecule has 0 aromatic rings. The van der Waals surface area contributed by atoms with Crippen LogP contribution in [0.3, 0.4) is 0 Å². The highest BCUT2D eigenvalue weighted by molar-refractivity contribution is 5.95. The van der Waals surface area contributed by atoms with Gasteiger partial charge >= 0.3 is 0 Å². The van der Waals surface area contributed by atoms with Gasteiger partial charge in [0.2, 0.25) is 0 Å². The third-order valence-corrected chi connectivity index (χ3v) is 2.38. The maximum absolute atomic E-state index is 5.70. The van der Waals surface area contributed by atoms with Crippen LogP contribution in [0.25, 0.3) is 11.1 Å². The molecule has 0 aliphatic carbocycles. The first-order valence-electron chi connectivity index (χ1n) is 4.61. The van der Waals surface area contributed by atoms with E-state index in [1.54, 1.807) is 31.0 Å². The van der Waals surface area contributed by atoms with Crippen molar-refractivity contribution in [2.75, 3.05) is 5.32 Å². The van der Waals surface area contributed by atoms with Crippen LogP contribution in [-0.4, -0.2) is 22.5 Å². The van der Waals surface area contributed by atoms with E-state index in [0.29, 0.717) is 0 Å². The molecule has 5 heteroatoms. The molecule has 0 saturated heterocycles. The van der Waals surface area contributed by atoms with Gasteiger partial charge in [0.1, 0.15) is 0 Å². The molecule has 0 bridgehead atoms. The number of anilines is 1. The Labute approximate surface area is 86.4 Å². The fourth-order valence-electron chi connectivity index (χ4n) is 1.67. The number of nitrogens with zero attached hydrogens (tertiary/aromatic N) is 3. The smallest absolute Gasteiger partial charge is 0.171 e. The molecule has 0 fully saturated rings. The van der Waals surface area contributed by atoms with Crippen LogP contribution in [0.15, 0.2) is 29.8 Å². The Morgan fingerprint density at radius 2 is 1.93 bits per heavy atom. The Hall–Kier alpha value is -2.01. The summed E-state index contributed by atoms with van der Waals surface area (Å²) in [4.78, 5) is 12.3. The minimum absolute atomic E-state index is 0.391. The number of hydrogen-bond acceptors (Lipinski definition) is 5. The maximum atomic E-state index is 5.70. The molecule has 0 aromatic carbocycles. The lowest BCUT2D eigenvalue weighted by Crippen LogP contribution is -2.30. The number of hydrogen-bond donors (Lipinski definition) is 2. The van der Waals surface area contributed by atoms with Crippen molar-refractivity contribution in [1.82, 2.24) is 9.97 Å². The summed E-state index contributed by atoms with van der Waals surface area (Å²) in [6.45, 7) is 0. The lowest BCUT2D eigenvalue weighted by molar-refractivity contribution is 0.807.